The van der Waals surface area contributed by atoms with E-state index in [-0.39, 0.29) is 12.0 Å². The molecule has 8 heteroatoms. The number of aryl methyl sites for hydroxylation is 1. The molecule has 7 nitrogen and oxygen atoms in total. The van der Waals surface area contributed by atoms with Gasteiger partial charge in [-0.05, 0) is 47.7 Å². The lowest BCUT2D eigenvalue weighted by molar-refractivity contribution is 0.366. The standard InChI is InChI=1S/C36H31N7S/c1-42-30-16-14-24(18-26(30)28(37)20-32(42)22-10-6-4-7-11-22)34-39-35(41-36(40-34)44-3)25-15-17-31-27(19-25)29(38)21-33(43(31)2)23-12-8-5-9-13-23/h4-21,26,30,37-38H,1-3H3. The van der Waals surface area contributed by atoms with Crippen molar-refractivity contribution in [2.24, 2.45) is 13.0 Å². The van der Waals surface area contributed by atoms with Gasteiger partial charge in [0, 0.05) is 47.9 Å². The van der Waals surface area contributed by atoms with Gasteiger partial charge in [-0.3, -0.25) is 0 Å². The number of hydrogen-bond donors (Lipinski definition) is 2. The van der Waals surface area contributed by atoms with Gasteiger partial charge >= 0.3 is 0 Å². The Balaban J connectivity index is 1.26. The van der Waals surface area contributed by atoms with Gasteiger partial charge in [0.2, 0.25) is 0 Å². The molecular formula is C36H31N7S. The fourth-order valence-electron chi connectivity index (χ4n) is 6.08. The molecule has 2 N–H and O–H groups in total. The zero-order chi connectivity index (χ0) is 30.4. The number of likely N-dealkylation sites (N-methyl/N-ethyl adjacent to an activating group) is 1. The number of nitrogens with zero attached hydrogens (tertiary/aromatic N) is 5. The van der Waals surface area contributed by atoms with E-state index in [1.807, 2.05) is 80.0 Å². The summed E-state index contributed by atoms with van der Waals surface area (Å²) >= 11 is 1.47. The van der Waals surface area contributed by atoms with Crippen LogP contribution in [0.15, 0.2) is 114 Å². The van der Waals surface area contributed by atoms with E-state index in [0.29, 0.717) is 27.9 Å². The van der Waals surface area contributed by atoms with Crippen LogP contribution in [0.3, 0.4) is 0 Å². The Morgan fingerprint density at radius 2 is 1.48 bits per heavy atom. The molecule has 0 amide bonds. The Morgan fingerprint density at radius 3 is 2.20 bits per heavy atom. The third-order valence-corrected chi connectivity index (χ3v) is 8.97. The summed E-state index contributed by atoms with van der Waals surface area (Å²) in [5, 5.41) is 19.7. The van der Waals surface area contributed by atoms with Gasteiger partial charge in [-0.1, -0.05) is 90.7 Å². The van der Waals surface area contributed by atoms with Crippen LogP contribution in [0.2, 0.25) is 0 Å². The zero-order valence-electron chi connectivity index (χ0n) is 24.7. The maximum Gasteiger partial charge on any atom is 0.191 e. The summed E-state index contributed by atoms with van der Waals surface area (Å²) in [6, 6.07) is 28.4. The first-order valence-corrected chi connectivity index (χ1v) is 15.7. The summed E-state index contributed by atoms with van der Waals surface area (Å²) in [4.78, 5) is 16.7. The zero-order valence-corrected chi connectivity index (χ0v) is 25.5. The summed E-state index contributed by atoms with van der Waals surface area (Å²) in [6.45, 7) is 0. The average Bonchev–Trinajstić information content (AvgIpc) is 3.08. The van der Waals surface area contributed by atoms with Crippen molar-refractivity contribution in [1.82, 2.24) is 24.4 Å². The van der Waals surface area contributed by atoms with E-state index in [1.54, 1.807) is 0 Å². The van der Waals surface area contributed by atoms with Crippen molar-refractivity contribution in [1.29, 1.82) is 10.8 Å². The lowest BCUT2D eigenvalue weighted by atomic mass is 9.82. The molecule has 2 aliphatic rings. The molecule has 3 aromatic carbocycles. The fraction of sp³-hybridized carbons (Fsp3) is 0.139. The highest BCUT2D eigenvalue weighted by Gasteiger charge is 2.33. The lowest BCUT2D eigenvalue weighted by Crippen LogP contribution is -2.42. The molecular weight excluding hydrogens is 563 g/mol. The number of hydrogen-bond acceptors (Lipinski definition) is 7. The van der Waals surface area contributed by atoms with Crippen LogP contribution < -0.4 is 5.36 Å². The minimum atomic E-state index is -0.115. The molecule has 216 valence electrons. The number of nitrogens with one attached hydrogen (secondary N) is 2. The number of thioether (sulfide) groups is 1. The molecule has 0 saturated heterocycles. The molecule has 44 heavy (non-hydrogen) atoms. The van der Waals surface area contributed by atoms with E-state index >= 15 is 0 Å². The van der Waals surface area contributed by atoms with Crippen molar-refractivity contribution in [3.8, 4) is 22.6 Å². The van der Waals surface area contributed by atoms with Crippen LogP contribution in [0.4, 0.5) is 0 Å². The number of allylic oxidation sites excluding steroid dienone is 3. The van der Waals surface area contributed by atoms with E-state index in [2.05, 4.69) is 59.0 Å². The number of fused-ring (bicyclic) bond motifs is 2. The molecule has 0 fully saturated rings. The summed E-state index contributed by atoms with van der Waals surface area (Å²) in [7, 11) is 4.12. The highest BCUT2D eigenvalue weighted by atomic mass is 32.2. The molecule has 0 radical (unpaired) electrons. The molecule has 0 bridgehead atoms. The molecule has 1 aliphatic heterocycles. The van der Waals surface area contributed by atoms with E-state index in [9.17, 15) is 0 Å². The number of benzene rings is 3. The lowest BCUT2D eigenvalue weighted by Gasteiger charge is -2.40. The molecule has 2 unspecified atom stereocenters. The Morgan fingerprint density at radius 1 is 0.773 bits per heavy atom. The first kappa shape index (κ1) is 27.7. The largest absolute Gasteiger partial charge is 0.367 e. The predicted octanol–water partition coefficient (Wildman–Crippen LogP) is 6.84. The second kappa shape index (κ2) is 11.2. The van der Waals surface area contributed by atoms with Gasteiger partial charge in [-0.2, -0.15) is 0 Å². The van der Waals surface area contributed by atoms with E-state index in [1.165, 1.54) is 11.8 Å². The molecule has 5 aromatic rings. The highest BCUT2D eigenvalue weighted by Crippen LogP contribution is 2.36. The summed E-state index contributed by atoms with van der Waals surface area (Å²) in [5.41, 5.74) is 7.43. The normalized spacial score (nSPS) is 17.8. The van der Waals surface area contributed by atoms with Crippen molar-refractivity contribution in [3.63, 3.8) is 0 Å². The Bertz CT molecular complexity index is 2080. The van der Waals surface area contributed by atoms with Gasteiger partial charge in [0.15, 0.2) is 16.8 Å². The topological polar surface area (TPSA) is 94.5 Å². The van der Waals surface area contributed by atoms with E-state index < -0.39 is 0 Å². The Labute approximate surface area is 260 Å². The first-order valence-electron chi connectivity index (χ1n) is 14.4. The van der Waals surface area contributed by atoms with Gasteiger partial charge in [0.05, 0.1) is 22.6 Å². The monoisotopic (exact) mass is 593 g/mol. The third-order valence-electron chi connectivity index (χ3n) is 8.42. The first-order chi connectivity index (χ1) is 21.4. The summed E-state index contributed by atoms with van der Waals surface area (Å²) in [5.74, 6) is 1.03. The average molecular weight is 594 g/mol. The molecule has 2 atom stereocenters. The van der Waals surface area contributed by atoms with E-state index in [4.69, 9.17) is 25.8 Å². The van der Waals surface area contributed by atoms with Crippen molar-refractivity contribution < 1.29 is 0 Å². The van der Waals surface area contributed by atoms with Crippen LogP contribution >= 0.6 is 11.8 Å². The van der Waals surface area contributed by atoms with Crippen molar-refractivity contribution in [3.05, 3.63) is 126 Å². The second-order valence-corrected chi connectivity index (χ2v) is 11.8. The Hall–Kier alpha value is -5.08. The van der Waals surface area contributed by atoms with Crippen LogP contribution in [-0.2, 0) is 7.05 Å². The van der Waals surface area contributed by atoms with Crippen molar-refractivity contribution in [2.75, 3.05) is 13.3 Å². The maximum absolute atomic E-state index is 8.92. The van der Waals surface area contributed by atoms with E-state index in [0.717, 1.165) is 44.6 Å². The molecule has 1 aliphatic carbocycles. The van der Waals surface area contributed by atoms with Crippen LogP contribution in [-0.4, -0.2) is 49.5 Å². The fourth-order valence-corrected chi connectivity index (χ4v) is 6.44. The molecule has 0 spiro atoms. The van der Waals surface area contributed by atoms with Crippen molar-refractivity contribution >= 4 is 39.6 Å². The van der Waals surface area contributed by atoms with Gasteiger partial charge in [0.1, 0.15) is 0 Å². The third kappa shape index (κ3) is 4.87. The van der Waals surface area contributed by atoms with Crippen LogP contribution in [0.5, 0.6) is 0 Å². The number of rotatable bonds is 5. The van der Waals surface area contributed by atoms with Crippen LogP contribution in [0, 0.1) is 16.7 Å². The van der Waals surface area contributed by atoms with Gasteiger partial charge in [-0.25, -0.2) is 15.0 Å². The smallest absolute Gasteiger partial charge is 0.191 e. The van der Waals surface area contributed by atoms with Gasteiger partial charge < -0.3 is 20.3 Å². The van der Waals surface area contributed by atoms with Crippen molar-refractivity contribution in [2.45, 2.75) is 11.2 Å². The Kier molecular flexibility index (Phi) is 7.06. The van der Waals surface area contributed by atoms with Crippen LogP contribution in [0.1, 0.15) is 11.4 Å². The second-order valence-electron chi connectivity index (χ2n) is 11.0. The minimum Gasteiger partial charge on any atom is -0.367 e. The molecule has 2 aromatic heterocycles. The highest BCUT2D eigenvalue weighted by molar-refractivity contribution is 7.98. The minimum absolute atomic E-state index is 0.0327. The van der Waals surface area contributed by atoms with Crippen LogP contribution in [0.25, 0.3) is 44.8 Å². The summed E-state index contributed by atoms with van der Waals surface area (Å²) < 4.78 is 2.13. The predicted molar refractivity (Wildman–Crippen MR) is 179 cm³/mol. The molecule has 3 heterocycles. The van der Waals surface area contributed by atoms with Gasteiger partial charge in [0.25, 0.3) is 0 Å². The molecule has 0 saturated carbocycles. The summed E-state index contributed by atoms with van der Waals surface area (Å²) in [6.07, 6.45) is 10.2. The quantitative estimate of drug-likeness (QED) is 0.218. The number of aromatic nitrogens is 4. The molecule has 7 rings (SSSR count). The number of pyridine rings is 1. The maximum atomic E-state index is 8.92. The SMILES string of the molecule is CSc1nc(C2=CC3C(=N)C=C(c4ccccc4)N(C)C3C=C2)nc(-c2ccc3c(c2)c(=N)cc(-c2ccccc2)n3C)n1. The van der Waals surface area contributed by atoms with Gasteiger partial charge in [-0.15, -0.1) is 0 Å².